The molecule has 0 spiro atoms. The van der Waals surface area contributed by atoms with Crippen molar-refractivity contribution in [3.05, 3.63) is 33.1 Å². The Bertz CT molecular complexity index is 564. The smallest absolute Gasteiger partial charge is 0.325 e. The number of rotatable bonds is 6. The van der Waals surface area contributed by atoms with Crippen molar-refractivity contribution in [3.63, 3.8) is 0 Å². The van der Waals surface area contributed by atoms with Crippen molar-refractivity contribution in [3.8, 4) is 0 Å². The van der Waals surface area contributed by atoms with Crippen molar-refractivity contribution in [2.24, 2.45) is 0 Å². The fourth-order valence-corrected chi connectivity index (χ4v) is 1.86. The van der Waals surface area contributed by atoms with E-state index in [4.69, 9.17) is 16.3 Å². The second-order valence-electron chi connectivity index (χ2n) is 3.88. The molecule has 1 aromatic heterocycles. The normalized spacial score (nSPS) is 10.0. The minimum absolute atomic E-state index is 0.186. The molecule has 1 heterocycles. The molecule has 1 aromatic rings. The quantitative estimate of drug-likeness (QED) is 0.342. The Morgan fingerprint density at radius 3 is 2.67 bits per heavy atom. The van der Waals surface area contributed by atoms with Gasteiger partial charge >= 0.3 is 11.7 Å². The molecule has 0 bridgehead atoms. The lowest BCUT2D eigenvalue weighted by molar-refractivity contribution is -0.385. The van der Waals surface area contributed by atoms with Gasteiger partial charge in [0.15, 0.2) is 0 Å². The van der Waals surface area contributed by atoms with Crippen molar-refractivity contribution in [1.82, 2.24) is 9.88 Å². The van der Waals surface area contributed by atoms with Crippen molar-refractivity contribution in [2.75, 3.05) is 19.7 Å². The van der Waals surface area contributed by atoms with Crippen LogP contribution in [-0.2, 0) is 9.53 Å². The Kier molecular flexibility index (Phi) is 6.04. The summed E-state index contributed by atoms with van der Waals surface area (Å²) in [5.74, 6) is -1.27. The molecular weight excluding hydrogens is 302 g/mol. The maximum Gasteiger partial charge on any atom is 0.325 e. The van der Waals surface area contributed by atoms with Gasteiger partial charge < -0.3 is 9.64 Å². The number of nitro groups is 1. The summed E-state index contributed by atoms with van der Waals surface area (Å²) in [6.45, 7) is 3.37. The second kappa shape index (κ2) is 7.53. The molecule has 0 radical (unpaired) electrons. The number of aromatic nitrogens is 1. The maximum absolute atomic E-state index is 12.3. The molecule has 0 unspecified atom stereocenters. The number of ether oxygens (including phenoxy) is 1. The van der Waals surface area contributed by atoms with Crippen molar-refractivity contribution in [1.29, 1.82) is 0 Å². The van der Waals surface area contributed by atoms with Gasteiger partial charge in [0.05, 0.1) is 11.5 Å². The van der Waals surface area contributed by atoms with E-state index in [0.29, 0.717) is 0 Å². The van der Waals surface area contributed by atoms with Crippen molar-refractivity contribution >= 4 is 29.2 Å². The van der Waals surface area contributed by atoms with Crippen LogP contribution in [-0.4, -0.2) is 46.4 Å². The molecule has 0 N–H and O–H groups in total. The molecule has 0 saturated carbocycles. The van der Waals surface area contributed by atoms with Gasteiger partial charge in [-0.2, -0.15) is 0 Å². The van der Waals surface area contributed by atoms with Gasteiger partial charge in [-0.1, -0.05) is 11.6 Å². The zero-order valence-corrected chi connectivity index (χ0v) is 12.3. The Balaban J connectivity index is 3.09. The summed E-state index contributed by atoms with van der Waals surface area (Å²) in [5.41, 5.74) is -0.794. The van der Waals surface area contributed by atoms with Gasteiger partial charge in [0.2, 0.25) is 5.15 Å². The van der Waals surface area contributed by atoms with E-state index in [1.54, 1.807) is 13.8 Å². The monoisotopic (exact) mass is 315 g/mol. The van der Waals surface area contributed by atoms with E-state index < -0.39 is 22.5 Å². The third-order valence-corrected chi connectivity index (χ3v) is 2.86. The van der Waals surface area contributed by atoms with E-state index >= 15 is 0 Å². The SMILES string of the molecule is CCOC(=O)CN(CC)C(=O)c1ccnc(Cl)c1[N+](=O)[O-]. The molecule has 9 heteroatoms. The third kappa shape index (κ3) is 4.12. The summed E-state index contributed by atoms with van der Waals surface area (Å²) < 4.78 is 4.76. The first-order chi connectivity index (χ1) is 9.92. The molecule has 1 rings (SSSR count). The van der Waals surface area contributed by atoms with Gasteiger partial charge in [-0.15, -0.1) is 0 Å². The first kappa shape index (κ1) is 16.8. The topological polar surface area (TPSA) is 103 Å². The van der Waals surface area contributed by atoms with Crippen LogP contribution in [0.1, 0.15) is 24.2 Å². The van der Waals surface area contributed by atoms with Crippen LogP contribution < -0.4 is 0 Å². The molecule has 0 aromatic carbocycles. The van der Waals surface area contributed by atoms with Gasteiger partial charge in [0, 0.05) is 12.7 Å². The van der Waals surface area contributed by atoms with Gasteiger partial charge in [0.1, 0.15) is 12.1 Å². The number of likely N-dealkylation sites (N-methyl/N-ethyl adjacent to an activating group) is 1. The maximum atomic E-state index is 12.3. The van der Waals surface area contributed by atoms with Crippen LogP contribution in [0.15, 0.2) is 12.3 Å². The number of esters is 1. The van der Waals surface area contributed by atoms with E-state index in [0.717, 1.165) is 4.90 Å². The van der Waals surface area contributed by atoms with Gasteiger partial charge in [0.25, 0.3) is 5.91 Å². The van der Waals surface area contributed by atoms with Crippen LogP contribution in [0, 0.1) is 10.1 Å². The van der Waals surface area contributed by atoms with E-state index in [-0.39, 0.29) is 30.4 Å². The largest absolute Gasteiger partial charge is 0.465 e. The molecule has 114 valence electrons. The highest BCUT2D eigenvalue weighted by Gasteiger charge is 2.28. The molecule has 0 atom stereocenters. The summed E-state index contributed by atoms with van der Waals surface area (Å²) in [7, 11) is 0. The van der Waals surface area contributed by atoms with E-state index in [2.05, 4.69) is 4.98 Å². The first-order valence-corrected chi connectivity index (χ1v) is 6.53. The summed E-state index contributed by atoms with van der Waals surface area (Å²) in [6.07, 6.45) is 1.20. The van der Waals surface area contributed by atoms with Gasteiger partial charge in [-0.3, -0.25) is 19.7 Å². The highest BCUT2D eigenvalue weighted by molar-refractivity contribution is 6.32. The molecule has 1 amide bonds. The van der Waals surface area contributed by atoms with Gasteiger partial charge in [-0.25, -0.2) is 4.98 Å². The summed E-state index contributed by atoms with van der Waals surface area (Å²) >= 11 is 5.66. The molecule has 0 aliphatic carbocycles. The highest BCUT2D eigenvalue weighted by atomic mass is 35.5. The Hall–Kier alpha value is -2.22. The molecule has 0 saturated heterocycles. The molecule has 0 aliphatic rings. The fraction of sp³-hybridized carbons (Fsp3) is 0.417. The number of amides is 1. The minimum Gasteiger partial charge on any atom is -0.465 e. The summed E-state index contributed by atoms with van der Waals surface area (Å²) in [4.78, 5) is 38.7. The van der Waals surface area contributed by atoms with E-state index in [1.807, 2.05) is 0 Å². The number of carbonyl (C=O) groups is 2. The van der Waals surface area contributed by atoms with Crippen LogP contribution in [0.3, 0.4) is 0 Å². The average Bonchev–Trinajstić information content (AvgIpc) is 2.43. The van der Waals surface area contributed by atoms with Crippen LogP contribution in [0.25, 0.3) is 0 Å². The zero-order chi connectivity index (χ0) is 16.0. The van der Waals surface area contributed by atoms with E-state index in [1.165, 1.54) is 12.3 Å². The highest BCUT2D eigenvalue weighted by Crippen LogP contribution is 2.27. The first-order valence-electron chi connectivity index (χ1n) is 6.16. The zero-order valence-electron chi connectivity index (χ0n) is 11.5. The Morgan fingerprint density at radius 2 is 2.14 bits per heavy atom. The molecule has 0 aliphatic heterocycles. The van der Waals surface area contributed by atoms with Gasteiger partial charge in [-0.05, 0) is 19.9 Å². The van der Waals surface area contributed by atoms with Crippen LogP contribution in [0.5, 0.6) is 0 Å². The third-order valence-electron chi connectivity index (χ3n) is 2.59. The molecular formula is C12H14ClN3O5. The van der Waals surface area contributed by atoms with E-state index in [9.17, 15) is 19.7 Å². The minimum atomic E-state index is -0.777. The second-order valence-corrected chi connectivity index (χ2v) is 4.24. The standard InChI is InChI=1S/C12H14ClN3O5/c1-3-15(7-9(17)21-4-2)12(18)8-5-6-14-11(13)10(8)16(19)20/h5-6H,3-4,7H2,1-2H3. The summed E-state index contributed by atoms with van der Waals surface area (Å²) in [5, 5.41) is 10.6. The molecule has 8 nitrogen and oxygen atoms in total. The Labute approximate surface area is 125 Å². The molecule has 0 fully saturated rings. The summed E-state index contributed by atoms with van der Waals surface area (Å²) in [6, 6.07) is 1.19. The van der Waals surface area contributed by atoms with Crippen molar-refractivity contribution < 1.29 is 19.2 Å². The Morgan fingerprint density at radius 1 is 1.48 bits per heavy atom. The number of halogens is 1. The number of pyridine rings is 1. The average molecular weight is 316 g/mol. The molecule has 21 heavy (non-hydrogen) atoms. The predicted octanol–water partition coefficient (Wildman–Crippen LogP) is 1.67. The lowest BCUT2D eigenvalue weighted by Gasteiger charge is -2.19. The lowest BCUT2D eigenvalue weighted by Crippen LogP contribution is -2.36. The predicted molar refractivity (Wildman–Crippen MR) is 74.1 cm³/mol. The number of nitrogens with zero attached hydrogens (tertiary/aromatic N) is 3. The van der Waals surface area contributed by atoms with Crippen LogP contribution in [0.4, 0.5) is 5.69 Å². The number of carbonyl (C=O) groups excluding carboxylic acids is 2. The number of hydrogen-bond donors (Lipinski definition) is 0. The fourth-order valence-electron chi connectivity index (χ4n) is 1.63. The lowest BCUT2D eigenvalue weighted by atomic mass is 10.2. The van der Waals surface area contributed by atoms with Crippen LogP contribution >= 0.6 is 11.6 Å². The van der Waals surface area contributed by atoms with Crippen LogP contribution in [0.2, 0.25) is 5.15 Å². The van der Waals surface area contributed by atoms with Crippen molar-refractivity contribution in [2.45, 2.75) is 13.8 Å². The number of hydrogen-bond acceptors (Lipinski definition) is 6.